The fraction of sp³-hybridized carbons (Fsp3) is 0.286. The summed E-state index contributed by atoms with van der Waals surface area (Å²) in [5, 5.41) is 2.79. The average Bonchev–Trinajstić information content (AvgIpc) is 2.73. The molecule has 0 radical (unpaired) electrons. The Morgan fingerprint density at radius 2 is 1.48 bits per heavy atom. The number of nitrogens with one attached hydrogen (secondary N) is 1. The minimum absolute atomic E-state index is 0.109. The first-order chi connectivity index (χ1) is 13.9. The van der Waals surface area contributed by atoms with Gasteiger partial charge in [0.15, 0.2) is 0 Å². The van der Waals surface area contributed by atoms with Gasteiger partial charge < -0.3 is 16.0 Å². The SMILES string of the molecule is NC(=O)c1ccc(NC(=O)CCN2CCN(C(=O)c3ccc(F)cc3)CC2)cc1. The fourth-order valence-electron chi connectivity index (χ4n) is 3.15. The van der Waals surface area contributed by atoms with E-state index in [2.05, 4.69) is 10.2 Å². The van der Waals surface area contributed by atoms with Crippen molar-refractivity contribution in [2.45, 2.75) is 6.42 Å². The number of amides is 3. The van der Waals surface area contributed by atoms with Crippen molar-refractivity contribution >= 4 is 23.4 Å². The lowest BCUT2D eigenvalue weighted by Gasteiger charge is -2.34. The van der Waals surface area contributed by atoms with Crippen LogP contribution in [-0.2, 0) is 4.79 Å². The quantitative estimate of drug-likeness (QED) is 0.774. The number of halogens is 1. The van der Waals surface area contributed by atoms with Crippen LogP contribution in [0.25, 0.3) is 0 Å². The summed E-state index contributed by atoms with van der Waals surface area (Å²) in [5.41, 5.74) is 6.66. The van der Waals surface area contributed by atoms with E-state index in [4.69, 9.17) is 5.73 Å². The Bertz CT molecular complexity index is 876. The standard InChI is InChI=1S/C21H23FN4O3/c22-17-5-1-16(2-6-17)21(29)26-13-11-25(12-14-26)10-9-19(27)24-18-7-3-15(4-8-18)20(23)28/h1-8H,9-14H2,(H2,23,28)(H,24,27). The summed E-state index contributed by atoms with van der Waals surface area (Å²) >= 11 is 0. The molecule has 7 nitrogen and oxygen atoms in total. The van der Waals surface area contributed by atoms with Crippen molar-refractivity contribution in [1.29, 1.82) is 0 Å². The zero-order chi connectivity index (χ0) is 20.8. The summed E-state index contributed by atoms with van der Waals surface area (Å²) in [4.78, 5) is 39.5. The Morgan fingerprint density at radius 1 is 0.897 bits per heavy atom. The van der Waals surface area contributed by atoms with E-state index in [1.165, 1.54) is 24.3 Å². The first-order valence-electron chi connectivity index (χ1n) is 9.39. The molecule has 1 heterocycles. The fourth-order valence-corrected chi connectivity index (χ4v) is 3.15. The number of hydrogen-bond acceptors (Lipinski definition) is 4. The number of nitrogens with zero attached hydrogens (tertiary/aromatic N) is 2. The Morgan fingerprint density at radius 3 is 2.07 bits per heavy atom. The lowest BCUT2D eigenvalue weighted by molar-refractivity contribution is -0.116. The van der Waals surface area contributed by atoms with Crippen LogP contribution in [0.4, 0.5) is 10.1 Å². The predicted octanol–water partition coefficient (Wildman–Crippen LogP) is 1.71. The first kappa shape index (κ1) is 20.5. The monoisotopic (exact) mass is 398 g/mol. The van der Waals surface area contributed by atoms with Crippen LogP contribution in [0.3, 0.4) is 0 Å². The largest absolute Gasteiger partial charge is 0.366 e. The second-order valence-corrected chi connectivity index (χ2v) is 6.88. The number of rotatable bonds is 6. The van der Waals surface area contributed by atoms with Gasteiger partial charge >= 0.3 is 0 Å². The second kappa shape index (κ2) is 9.29. The van der Waals surface area contributed by atoms with Gasteiger partial charge in [-0.3, -0.25) is 19.3 Å². The number of nitrogens with two attached hydrogens (primary N) is 1. The summed E-state index contributed by atoms with van der Waals surface area (Å²) in [6.45, 7) is 3.06. The average molecular weight is 398 g/mol. The van der Waals surface area contributed by atoms with Crippen LogP contribution in [0.2, 0.25) is 0 Å². The molecule has 1 aliphatic heterocycles. The zero-order valence-corrected chi connectivity index (χ0v) is 15.9. The highest BCUT2D eigenvalue weighted by Gasteiger charge is 2.22. The van der Waals surface area contributed by atoms with Gasteiger partial charge in [0.1, 0.15) is 5.82 Å². The third-order valence-corrected chi connectivity index (χ3v) is 4.86. The van der Waals surface area contributed by atoms with Crippen molar-refractivity contribution in [3.05, 3.63) is 65.5 Å². The van der Waals surface area contributed by atoms with Gasteiger partial charge in [-0.2, -0.15) is 0 Å². The van der Waals surface area contributed by atoms with Crippen LogP contribution in [0.1, 0.15) is 27.1 Å². The van der Waals surface area contributed by atoms with Crippen LogP contribution >= 0.6 is 0 Å². The molecule has 0 aromatic heterocycles. The van der Waals surface area contributed by atoms with Gasteiger partial charge in [0.2, 0.25) is 11.8 Å². The summed E-state index contributed by atoms with van der Waals surface area (Å²) in [7, 11) is 0. The lowest BCUT2D eigenvalue weighted by Crippen LogP contribution is -2.49. The molecule has 1 aliphatic rings. The van der Waals surface area contributed by atoms with E-state index in [1.807, 2.05) is 0 Å². The maximum Gasteiger partial charge on any atom is 0.253 e. The number of piperazine rings is 1. The molecule has 3 rings (SSSR count). The Balaban J connectivity index is 1.41. The molecule has 3 amide bonds. The first-order valence-corrected chi connectivity index (χ1v) is 9.39. The highest BCUT2D eigenvalue weighted by atomic mass is 19.1. The van der Waals surface area contributed by atoms with Crippen molar-refractivity contribution in [3.8, 4) is 0 Å². The van der Waals surface area contributed by atoms with Gasteiger partial charge in [-0.05, 0) is 48.5 Å². The minimum Gasteiger partial charge on any atom is -0.366 e. The minimum atomic E-state index is -0.514. The van der Waals surface area contributed by atoms with Gasteiger partial charge in [0, 0.05) is 56.0 Å². The highest BCUT2D eigenvalue weighted by molar-refractivity contribution is 5.95. The summed E-state index contributed by atoms with van der Waals surface area (Å²) < 4.78 is 13.0. The third kappa shape index (κ3) is 5.61. The van der Waals surface area contributed by atoms with E-state index in [-0.39, 0.29) is 17.6 Å². The molecule has 0 saturated carbocycles. The Labute approximate surface area is 168 Å². The normalized spacial score (nSPS) is 14.4. The maximum absolute atomic E-state index is 13.0. The Kier molecular flexibility index (Phi) is 6.56. The lowest BCUT2D eigenvalue weighted by atomic mass is 10.1. The molecule has 0 bridgehead atoms. The molecular weight excluding hydrogens is 375 g/mol. The number of primary amides is 1. The number of anilines is 1. The van der Waals surface area contributed by atoms with E-state index < -0.39 is 5.91 Å². The summed E-state index contributed by atoms with van der Waals surface area (Å²) in [6.07, 6.45) is 0.323. The van der Waals surface area contributed by atoms with Crippen LogP contribution in [0.5, 0.6) is 0 Å². The molecular formula is C21H23FN4O3. The van der Waals surface area contributed by atoms with Gasteiger partial charge in [-0.15, -0.1) is 0 Å². The molecule has 3 N–H and O–H groups in total. The molecule has 0 aliphatic carbocycles. The molecule has 29 heavy (non-hydrogen) atoms. The molecule has 1 fully saturated rings. The number of carbonyl (C=O) groups is 3. The van der Waals surface area contributed by atoms with Crippen LogP contribution in [0.15, 0.2) is 48.5 Å². The molecule has 8 heteroatoms. The van der Waals surface area contributed by atoms with E-state index in [9.17, 15) is 18.8 Å². The van der Waals surface area contributed by atoms with Crippen LogP contribution < -0.4 is 11.1 Å². The van der Waals surface area contributed by atoms with E-state index >= 15 is 0 Å². The summed E-state index contributed by atoms with van der Waals surface area (Å²) in [6, 6.07) is 11.9. The number of hydrogen-bond donors (Lipinski definition) is 2. The van der Waals surface area contributed by atoms with E-state index in [0.29, 0.717) is 56.0 Å². The van der Waals surface area contributed by atoms with Crippen molar-refractivity contribution in [2.75, 3.05) is 38.0 Å². The molecule has 152 valence electrons. The third-order valence-electron chi connectivity index (χ3n) is 4.86. The van der Waals surface area contributed by atoms with Crippen molar-refractivity contribution < 1.29 is 18.8 Å². The highest BCUT2D eigenvalue weighted by Crippen LogP contribution is 2.12. The van der Waals surface area contributed by atoms with Gasteiger partial charge in [0.05, 0.1) is 0 Å². The topological polar surface area (TPSA) is 95.7 Å². The second-order valence-electron chi connectivity index (χ2n) is 6.88. The Hall–Kier alpha value is -3.26. The maximum atomic E-state index is 13.0. The molecule has 0 atom stereocenters. The number of benzene rings is 2. The van der Waals surface area contributed by atoms with E-state index in [0.717, 1.165) is 0 Å². The van der Waals surface area contributed by atoms with Gasteiger partial charge in [0.25, 0.3) is 5.91 Å². The van der Waals surface area contributed by atoms with Crippen molar-refractivity contribution in [3.63, 3.8) is 0 Å². The molecule has 0 unspecified atom stereocenters. The molecule has 0 spiro atoms. The molecule has 2 aromatic carbocycles. The number of carbonyl (C=O) groups excluding carboxylic acids is 3. The van der Waals surface area contributed by atoms with Gasteiger partial charge in [-0.1, -0.05) is 0 Å². The van der Waals surface area contributed by atoms with Gasteiger partial charge in [-0.25, -0.2) is 4.39 Å². The smallest absolute Gasteiger partial charge is 0.253 e. The van der Waals surface area contributed by atoms with Crippen LogP contribution in [-0.4, -0.2) is 60.2 Å². The van der Waals surface area contributed by atoms with Crippen molar-refractivity contribution in [1.82, 2.24) is 9.80 Å². The molecule has 2 aromatic rings. The van der Waals surface area contributed by atoms with E-state index in [1.54, 1.807) is 29.2 Å². The molecule has 1 saturated heterocycles. The van der Waals surface area contributed by atoms with Crippen LogP contribution in [0, 0.1) is 5.82 Å². The van der Waals surface area contributed by atoms with Crippen molar-refractivity contribution in [2.24, 2.45) is 5.73 Å². The summed E-state index contributed by atoms with van der Waals surface area (Å²) in [5.74, 6) is -1.11. The predicted molar refractivity (Wildman–Crippen MR) is 107 cm³/mol. The zero-order valence-electron chi connectivity index (χ0n) is 15.9.